The Morgan fingerprint density at radius 2 is 2.12 bits per heavy atom. The van der Waals surface area contributed by atoms with E-state index < -0.39 is 0 Å². The van der Waals surface area contributed by atoms with E-state index in [4.69, 9.17) is 0 Å². The van der Waals surface area contributed by atoms with Crippen LogP contribution in [0.3, 0.4) is 0 Å². The normalized spacial score (nSPS) is 18.1. The van der Waals surface area contributed by atoms with Crippen LogP contribution in [0.25, 0.3) is 0 Å². The summed E-state index contributed by atoms with van der Waals surface area (Å²) >= 11 is 0. The predicted molar refractivity (Wildman–Crippen MR) is 102 cm³/mol. The molecule has 0 amide bonds. The third-order valence-corrected chi connectivity index (χ3v) is 4.57. The first-order valence-electron chi connectivity index (χ1n) is 9.02. The summed E-state index contributed by atoms with van der Waals surface area (Å²) < 4.78 is 0. The number of likely N-dealkylation sites (tertiary alicyclic amines) is 1. The quantitative estimate of drug-likeness (QED) is 0.871. The Bertz CT molecular complexity index is 687. The number of pyridine rings is 1. The Kier molecular flexibility index (Phi) is 5.81. The number of anilines is 2. The van der Waals surface area contributed by atoms with E-state index >= 15 is 0 Å². The molecule has 2 aromatic rings. The molecule has 134 valence electrons. The average Bonchev–Trinajstić information content (AvgIpc) is 2.61. The molecule has 1 aliphatic rings. The lowest BCUT2D eigenvalue weighted by molar-refractivity contribution is 0.218. The van der Waals surface area contributed by atoms with Crippen LogP contribution in [-0.2, 0) is 6.42 Å². The second-order valence-electron chi connectivity index (χ2n) is 6.94. The molecule has 0 saturated carbocycles. The molecular formula is C19H28N6. The van der Waals surface area contributed by atoms with Gasteiger partial charge in [0.15, 0.2) is 0 Å². The Balaban J connectivity index is 1.53. The second kappa shape index (κ2) is 8.25. The zero-order valence-corrected chi connectivity index (χ0v) is 15.4. The third-order valence-electron chi connectivity index (χ3n) is 4.57. The molecule has 0 aliphatic carbocycles. The van der Waals surface area contributed by atoms with Gasteiger partial charge in [0.2, 0.25) is 5.95 Å². The largest absolute Gasteiger partial charge is 0.363 e. The van der Waals surface area contributed by atoms with Crippen LogP contribution in [0.5, 0.6) is 0 Å². The first-order valence-corrected chi connectivity index (χ1v) is 9.02. The zero-order chi connectivity index (χ0) is 17.6. The maximum Gasteiger partial charge on any atom is 0.224 e. The molecule has 6 nitrogen and oxygen atoms in total. The van der Waals surface area contributed by atoms with Crippen molar-refractivity contribution in [3.05, 3.63) is 41.9 Å². The van der Waals surface area contributed by atoms with Crippen molar-refractivity contribution in [2.45, 2.75) is 32.2 Å². The van der Waals surface area contributed by atoms with Gasteiger partial charge in [0.1, 0.15) is 5.82 Å². The first-order chi connectivity index (χ1) is 12.1. The minimum atomic E-state index is 0.400. The van der Waals surface area contributed by atoms with Gasteiger partial charge in [-0.2, -0.15) is 4.98 Å². The van der Waals surface area contributed by atoms with Gasteiger partial charge in [0.05, 0.1) is 0 Å². The fourth-order valence-electron chi connectivity index (χ4n) is 3.24. The summed E-state index contributed by atoms with van der Waals surface area (Å²) in [4.78, 5) is 18.1. The maximum absolute atomic E-state index is 4.60. The monoisotopic (exact) mass is 340 g/mol. The molecule has 1 aliphatic heterocycles. The highest BCUT2D eigenvalue weighted by molar-refractivity contribution is 5.41. The molecule has 1 unspecified atom stereocenters. The molecule has 25 heavy (non-hydrogen) atoms. The number of hydrogen-bond donors (Lipinski definition) is 1. The molecule has 1 fully saturated rings. The van der Waals surface area contributed by atoms with Gasteiger partial charge in [-0.25, -0.2) is 4.98 Å². The van der Waals surface area contributed by atoms with Crippen LogP contribution in [0.15, 0.2) is 30.5 Å². The fraction of sp³-hybridized carbons (Fsp3) is 0.526. The lowest BCUT2D eigenvalue weighted by Crippen LogP contribution is -2.43. The summed E-state index contributed by atoms with van der Waals surface area (Å²) in [5, 5.41) is 3.51. The number of aromatic nitrogens is 3. The van der Waals surface area contributed by atoms with E-state index in [0.29, 0.717) is 6.04 Å². The molecule has 0 spiro atoms. The summed E-state index contributed by atoms with van der Waals surface area (Å²) in [5.41, 5.74) is 2.27. The Labute approximate surface area is 150 Å². The number of rotatable bonds is 6. The predicted octanol–water partition coefficient (Wildman–Crippen LogP) is 2.37. The Morgan fingerprint density at radius 1 is 1.24 bits per heavy atom. The van der Waals surface area contributed by atoms with Crippen LogP contribution >= 0.6 is 0 Å². The summed E-state index contributed by atoms with van der Waals surface area (Å²) in [5.74, 6) is 1.65. The van der Waals surface area contributed by atoms with Gasteiger partial charge in [0.25, 0.3) is 0 Å². The van der Waals surface area contributed by atoms with Crippen molar-refractivity contribution >= 4 is 11.8 Å². The van der Waals surface area contributed by atoms with Crippen molar-refractivity contribution in [3.63, 3.8) is 0 Å². The Hall–Kier alpha value is -2.21. The van der Waals surface area contributed by atoms with Gasteiger partial charge in [-0.15, -0.1) is 0 Å². The molecule has 2 aromatic heterocycles. The maximum atomic E-state index is 4.60. The van der Waals surface area contributed by atoms with Crippen LogP contribution in [0.1, 0.15) is 24.2 Å². The van der Waals surface area contributed by atoms with Gasteiger partial charge >= 0.3 is 0 Å². The molecule has 0 radical (unpaired) electrons. The van der Waals surface area contributed by atoms with E-state index in [9.17, 15) is 0 Å². The van der Waals surface area contributed by atoms with Gasteiger partial charge in [-0.3, -0.25) is 4.98 Å². The van der Waals surface area contributed by atoms with E-state index in [0.717, 1.165) is 49.9 Å². The Morgan fingerprint density at radius 3 is 2.92 bits per heavy atom. The summed E-state index contributed by atoms with van der Waals surface area (Å²) in [6.45, 7) is 5.28. The van der Waals surface area contributed by atoms with Crippen LogP contribution in [0.4, 0.5) is 11.8 Å². The molecular weight excluding hydrogens is 312 g/mol. The zero-order valence-electron chi connectivity index (χ0n) is 15.4. The second-order valence-corrected chi connectivity index (χ2v) is 6.94. The number of nitrogens with one attached hydrogen (secondary N) is 1. The minimum Gasteiger partial charge on any atom is -0.363 e. The molecule has 3 heterocycles. The third kappa shape index (κ3) is 5.13. The fourth-order valence-corrected chi connectivity index (χ4v) is 3.24. The molecule has 1 atom stereocenters. The summed E-state index contributed by atoms with van der Waals surface area (Å²) in [6.07, 6.45) is 5.18. The molecule has 1 saturated heterocycles. The van der Waals surface area contributed by atoms with Gasteiger partial charge in [-0.05, 0) is 44.5 Å². The van der Waals surface area contributed by atoms with Gasteiger partial charge < -0.3 is 15.1 Å². The molecule has 1 N–H and O–H groups in total. The number of piperidine rings is 1. The first kappa shape index (κ1) is 17.6. The van der Waals surface area contributed by atoms with E-state index in [1.807, 2.05) is 44.2 Å². The number of hydrogen-bond acceptors (Lipinski definition) is 6. The van der Waals surface area contributed by atoms with Crippen LogP contribution in [0.2, 0.25) is 0 Å². The van der Waals surface area contributed by atoms with Crippen molar-refractivity contribution in [1.82, 2.24) is 19.9 Å². The lowest BCUT2D eigenvalue weighted by Gasteiger charge is -2.33. The van der Waals surface area contributed by atoms with E-state index in [-0.39, 0.29) is 0 Å². The number of aryl methyl sites for hydroxylation is 1. The smallest absolute Gasteiger partial charge is 0.224 e. The highest BCUT2D eigenvalue weighted by Crippen LogP contribution is 2.16. The van der Waals surface area contributed by atoms with Crippen molar-refractivity contribution in [3.8, 4) is 0 Å². The standard InChI is InChI=1S/C19H28N6/c1-15-6-4-7-16(21-15)10-13-25-12-5-8-17(14-25)22-19-20-11-9-18(23-19)24(2)3/h4,6-7,9,11,17H,5,8,10,12-14H2,1-3H3,(H,20,22,23). The number of nitrogens with zero attached hydrogens (tertiary/aromatic N) is 5. The highest BCUT2D eigenvalue weighted by Gasteiger charge is 2.20. The van der Waals surface area contributed by atoms with Crippen molar-refractivity contribution in [1.29, 1.82) is 0 Å². The van der Waals surface area contributed by atoms with Crippen molar-refractivity contribution in [2.24, 2.45) is 0 Å². The molecule has 6 heteroatoms. The van der Waals surface area contributed by atoms with E-state index in [2.05, 4.69) is 37.3 Å². The minimum absolute atomic E-state index is 0.400. The van der Waals surface area contributed by atoms with E-state index in [1.54, 1.807) is 0 Å². The van der Waals surface area contributed by atoms with Crippen molar-refractivity contribution in [2.75, 3.05) is 43.9 Å². The average molecular weight is 340 g/mol. The van der Waals surface area contributed by atoms with Crippen LogP contribution in [-0.4, -0.2) is 59.6 Å². The lowest BCUT2D eigenvalue weighted by atomic mass is 10.1. The van der Waals surface area contributed by atoms with E-state index in [1.165, 1.54) is 12.1 Å². The van der Waals surface area contributed by atoms with Gasteiger partial charge in [-0.1, -0.05) is 6.07 Å². The highest BCUT2D eigenvalue weighted by atomic mass is 15.2. The molecule has 0 aromatic carbocycles. The molecule has 3 rings (SSSR count). The van der Waals surface area contributed by atoms with Crippen LogP contribution in [0, 0.1) is 6.92 Å². The topological polar surface area (TPSA) is 57.2 Å². The summed E-state index contributed by atoms with van der Waals surface area (Å²) in [6, 6.07) is 8.58. The van der Waals surface area contributed by atoms with Crippen molar-refractivity contribution < 1.29 is 0 Å². The van der Waals surface area contributed by atoms with Gasteiger partial charge in [0, 0.05) is 57.2 Å². The summed E-state index contributed by atoms with van der Waals surface area (Å²) in [7, 11) is 3.99. The molecule has 0 bridgehead atoms. The SMILES string of the molecule is Cc1cccc(CCN2CCCC(Nc3nccc(N(C)C)n3)C2)n1. The van der Waals surface area contributed by atoms with Crippen LogP contribution < -0.4 is 10.2 Å².